The largest absolute Gasteiger partial charge is 1.00 e. The van der Waals surface area contributed by atoms with Crippen molar-refractivity contribution in [2.24, 2.45) is 0 Å². The van der Waals surface area contributed by atoms with Gasteiger partial charge in [-0.3, -0.25) is 5.92 Å². The van der Waals surface area contributed by atoms with Gasteiger partial charge in [-0.15, -0.1) is 17.7 Å². The van der Waals surface area contributed by atoms with Crippen molar-refractivity contribution in [3.8, 4) is 12.0 Å². The Balaban J connectivity index is 0.000001000. The third kappa shape index (κ3) is 2.48. The van der Waals surface area contributed by atoms with Crippen molar-refractivity contribution in [2.45, 2.75) is 0 Å². The SMILES string of the molecule is [C-]#Cc1ccc(C#N)cc1.[Cu+]. The van der Waals surface area contributed by atoms with Gasteiger partial charge in [-0.25, -0.2) is 0 Å². The summed E-state index contributed by atoms with van der Waals surface area (Å²) in [6, 6.07) is 8.69. The van der Waals surface area contributed by atoms with E-state index in [1.165, 1.54) is 0 Å². The van der Waals surface area contributed by atoms with E-state index in [9.17, 15) is 0 Å². The first-order valence-electron chi connectivity index (χ1n) is 2.79. The molecule has 0 amide bonds. The van der Waals surface area contributed by atoms with E-state index in [0.717, 1.165) is 0 Å². The molecule has 56 valence electrons. The van der Waals surface area contributed by atoms with Crippen LogP contribution in [0.5, 0.6) is 0 Å². The summed E-state index contributed by atoms with van der Waals surface area (Å²) in [6.07, 6.45) is 6.74. The predicted octanol–water partition coefficient (Wildman–Crippen LogP) is 1.49. The van der Waals surface area contributed by atoms with Crippen molar-refractivity contribution in [2.75, 3.05) is 0 Å². The average molecular weight is 190 g/mol. The minimum atomic E-state index is 0. The quantitative estimate of drug-likeness (QED) is 0.345. The number of nitrogens with zero attached hydrogens (tertiary/aromatic N) is 1. The maximum Gasteiger partial charge on any atom is 1.00 e. The van der Waals surface area contributed by atoms with Gasteiger partial charge in [0.05, 0.1) is 6.07 Å². The van der Waals surface area contributed by atoms with Gasteiger partial charge in [-0.05, 0) is 0 Å². The molecule has 2 heteroatoms. The molecule has 0 spiro atoms. The fourth-order valence-corrected chi connectivity index (χ4v) is 0.628. The standard InChI is InChI=1S/C9H4N.Cu/c1-2-8-3-5-9(7-10)6-4-8;/h3-6H;/q-1;+1. The molecule has 0 saturated heterocycles. The minimum absolute atomic E-state index is 0. The van der Waals surface area contributed by atoms with Crippen molar-refractivity contribution in [3.05, 3.63) is 41.8 Å². The summed E-state index contributed by atoms with van der Waals surface area (Å²) in [5.41, 5.74) is 1.30. The van der Waals surface area contributed by atoms with Crippen LogP contribution in [0.15, 0.2) is 24.3 Å². The molecule has 0 aromatic heterocycles. The summed E-state index contributed by atoms with van der Waals surface area (Å²) in [5, 5.41) is 8.38. The number of nitriles is 1. The van der Waals surface area contributed by atoms with Crippen molar-refractivity contribution < 1.29 is 17.1 Å². The van der Waals surface area contributed by atoms with Crippen molar-refractivity contribution in [1.82, 2.24) is 0 Å². The summed E-state index contributed by atoms with van der Waals surface area (Å²) in [4.78, 5) is 0. The maximum absolute atomic E-state index is 8.38. The zero-order chi connectivity index (χ0) is 7.40. The molecule has 0 atom stereocenters. The molecule has 11 heavy (non-hydrogen) atoms. The van der Waals surface area contributed by atoms with Gasteiger partial charge in [0.1, 0.15) is 0 Å². The van der Waals surface area contributed by atoms with Crippen LogP contribution in [0.3, 0.4) is 0 Å². The zero-order valence-electron chi connectivity index (χ0n) is 5.56. The molecule has 0 radical (unpaired) electrons. The zero-order valence-corrected chi connectivity index (χ0v) is 6.50. The van der Waals surface area contributed by atoms with Gasteiger partial charge < -0.3 is 6.42 Å². The van der Waals surface area contributed by atoms with Gasteiger partial charge >= 0.3 is 17.1 Å². The molecular formula is C9H4CuN. The molecule has 1 aromatic rings. The molecule has 1 aromatic carbocycles. The Morgan fingerprint density at radius 1 is 1.09 bits per heavy atom. The second-order valence-corrected chi connectivity index (χ2v) is 1.81. The van der Waals surface area contributed by atoms with Crippen LogP contribution in [-0.2, 0) is 17.1 Å². The van der Waals surface area contributed by atoms with Crippen molar-refractivity contribution in [1.29, 1.82) is 5.26 Å². The van der Waals surface area contributed by atoms with Crippen LogP contribution in [0.2, 0.25) is 0 Å². The summed E-state index contributed by atoms with van der Waals surface area (Å²) in [5.74, 6) is 2.22. The van der Waals surface area contributed by atoms with Gasteiger partial charge in [0, 0.05) is 5.56 Å². The van der Waals surface area contributed by atoms with E-state index in [1.807, 2.05) is 6.07 Å². The molecule has 1 nitrogen and oxygen atoms in total. The van der Waals surface area contributed by atoms with Crippen LogP contribution < -0.4 is 0 Å². The third-order valence-electron chi connectivity index (χ3n) is 1.16. The average Bonchev–Trinajstić information content (AvgIpc) is 2.05. The summed E-state index contributed by atoms with van der Waals surface area (Å²) < 4.78 is 0. The van der Waals surface area contributed by atoms with E-state index in [4.69, 9.17) is 11.7 Å². The van der Waals surface area contributed by atoms with E-state index in [2.05, 4.69) is 5.92 Å². The fraction of sp³-hybridized carbons (Fsp3) is 0. The molecule has 1 rings (SSSR count). The second-order valence-electron chi connectivity index (χ2n) is 1.81. The first kappa shape index (κ1) is 9.79. The number of hydrogen-bond acceptors (Lipinski definition) is 1. The molecule has 0 unspecified atom stereocenters. The van der Waals surface area contributed by atoms with Crippen molar-refractivity contribution in [3.63, 3.8) is 0 Å². The van der Waals surface area contributed by atoms with E-state index < -0.39 is 0 Å². The molecule has 0 N–H and O–H groups in total. The van der Waals surface area contributed by atoms with Crippen LogP contribution >= 0.6 is 0 Å². The normalized spacial score (nSPS) is 7.09. The number of hydrogen-bond donors (Lipinski definition) is 0. The maximum atomic E-state index is 8.38. The molecule has 0 bridgehead atoms. The Morgan fingerprint density at radius 2 is 1.55 bits per heavy atom. The fourth-order valence-electron chi connectivity index (χ4n) is 0.628. The summed E-state index contributed by atoms with van der Waals surface area (Å²) in [6.45, 7) is 0. The third-order valence-corrected chi connectivity index (χ3v) is 1.16. The van der Waals surface area contributed by atoms with Gasteiger partial charge in [0.15, 0.2) is 0 Å². The smallest absolute Gasteiger partial charge is 0.366 e. The molecular weight excluding hydrogens is 186 g/mol. The first-order valence-corrected chi connectivity index (χ1v) is 2.79. The van der Waals surface area contributed by atoms with E-state index >= 15 is 0 Å². The van der Waals surface area contributed by atoms with Crippen molar-refractivity contribution >= 4 is 0 Å². The van der Waals surface area contributed by atoms with E-state index in [-0.39, 0.29) is 17.1 Å². The molecule has 0 heterocycles. The van der Waals surface area contributed by atoms with Gasteiger partial charge in [0.2, 0.25) is 0 Å². The van der Waals surface area contributed by atoms with Gasteiger partial charge in [0.25, 0.3) is 0 Å². The number of rotatable bonds is 0. The van der Waals surface area contributed by atoms with Crippen LogP contribution in [0.4, 0.5) is 0 Å². The molecule has 0 saturated carbocycles. The predicted molar refractivity (Wildman–Crippen MR) is 37.4 cm³/mol. The Hall–Kier alpha value is -1.21. The molecule has 0 aliphatic rings. The van der Waals surface area contributed by atoms with Gasteiger partial charge in [-0.2, -0.15) is 5.26 Å². The minimum Gasteiger partial charge on any atom is -0.366 e. The van der Waals surface area contributed by atoms with E-state index in [0.29, 0.717) is 11.1 Å². The summed E-state index contributed by atoms with van der Waals surface area (Å²) in [7, 11) is 0. The molecule has 0 aliphatic carbocycles. The van der Waals surface area contributed by atoms with Gasteiger partial charge in [-0.1, -0.05) is 12.1 Å². The van der Waals surface area contributed by atoms with E-state index in [1.54, 1.807) is 24.3 Å². The number of benzene rings is 1. The monoisotopic (exact) mass is 189 g/mol. The molecule has 0 fully saturated rings. The topological polar surface area (TPSA) is 23.8 Å². The van der Waals surface area contributed by atoms with Crippen LogP contribution in [-0.4, -0.2) is 0 Å². The Bertz CT molecular complexity index is 267. The first-order chi connectivity index (χ1) is 4.86. The Labute approximate surface area is 76.5 Å². The Kier molecular flexibility index (Phi) is 4.08. The summed E-state index contributed by atoms with van der Waals surface area (Å²) >= 11 is 0. The van der Waals surface area contributed by atoms with Crippen LogP contribution in [0.25, 0.3) is 0 Å². The molecule has 0 aliphatic heterocycles. The van der Waals surface area contributed by atoms with Crippen LogP contribution in [0, 0.1) is 23.7 Å². The Morgan fingerprint density at radius 3 is 1.91 bits per heavy atom. The van der Waals surface area contributed by atoms with Crippen LogP contribution in [0.1, 0.15) is 11.1 Å². The second kappa shape index (κ2) is 4.58.